The number of benzene rings is 1. The highest BCUT2D eigenvalue weighted by Crippen LogP contribution is 2.44. The molecule has 0 radical (unpaired) electrons. The van der Waals surface area contributed by atoms with Gasteiger partial charge in [0.15, 0.2) is 5.58 Å². The number of nitrogens with one attached hydrogen (secondary N) is 2. The van der Waals surface area contributed by atoms with Crippen molar-refractivity contribution < 1.29 is 22.7 Å². The molecule has 3 aromatic heterocycles. The first-order valence-corrected chi connectivity index (χ1v) is 12.2. The number of pyridine rings is 2. The SMILES string of the molecule is CNc1ncc(-c2nc3cc(N4CCOC(C)C4)ccc3o2)c2cc(NC(=O)[C@H]3C[C@H]3C(F)F)ncc12. The molecule has 3 atom stereocenters. The number of alkyl halides is 2. The van der Waals surface area contributed by atoms with E-state index < -0.39 is 24.2 Å². The van der Waals surface area contributed by atoms with Crippen LogP contribution in [0.4, 0.5) is 26.1 Å². The third-order valence-corrected chi connectivity index (χ3v) is 6.97. The van der Waals surface area contributed by atoms with Crippen LogP contribution in [0, 0.1) is 11.8 Å². The van der Waals surface area contributed by atoms with Gasteiger partial charge in [-0.3, -0.25) is 4.79 Å². The Labute approximate surface area is 211 Å². The number of rotatable bonds is 6. The normalized spacial score (nSPS) is 21.5. The van der Waals surface area contributed by atoms with Gasteiger partial charge < -0.3 is 24.7 Å². The molecule has 4 aromatic rings. The van der Waals surface area contributed by atoms with Crippen molar-refractivity contribution in [3.05, 3.63) is 36.7 Å². The standard InChI is InChI=1S/C26H26F2N6O3/c1-13-12-34(5-6-36-13)14-3-4-21-20(7-14)32-26(37-21)19-11-31-24(29-2)18-10-30-22(9-15(18)19)33-25(35)17-8-16(17)23(27)28/h3-4,7,9-11,13,16-17,23H,5-6,8,12H2,1-2H3,(H,29,31)(H,30,33,35)/t13?,16-,17+/m1/s1. The molecule has 4 heterocycles. The zero-order valence-electron chi connectivity index (χ0n) is 20.4. The monoisotopic (exact) mass is 508 g/mol. The van der Waals surface area contributed by atoms with Crippen LogP contribution in [0.5, 0.6) is 0 Å². The van der Waals surface area contributed by atoms with E-state index in [0.717, 1.165) is 18.8 Å². The van der Waals surface area contributed by atoms with E-state index in [4.69, 9.17) is 14.1 Å². The van der Waals surface area contributed by atoms with Crippen LogP contribution >= 0.6 is 0 Å². The summed E-state index contributed by atoms with van der Waals surface area (Å²) in [6.07, 6.45) is 1.09. The van der Waals surface area contributed by atoms with Gasteiger partial charge in [0.1, 0.15) is 17.2 Å². The summed E-state index contributed by atoms with van der Waals surface area (Å²) in [6.45, 7) is 4.34. The maximum atomic E-state index is 12.9. The number of carbonyl (C=O) groups is 1. The number of oxazole rings is 1. The number of nitrogens with zero attached hydrogens (tertiary/aromatic N) is 4. The quantitative estimate of drug-likeness (QED) is 0.391. The van der Waals surface area contributed by atoms with Crippen LogP contribution in [0.15, 0.2) is 41.1 Å². The van der Waals surface area contributed by atoms with E-state index >= 15 is 0 Å². The molecule has 1 aliphatic heterocycles. The van der Waals surface area contributed by atoms with Gasteiger partial charge in [-0.15, -0.1) is 0 Å². The predicted molar refractivity (Wildman–Crippen MR) is 136 cm³/mol. The number of ether oxygens (including phenoxy) is 1. The summed E-state index contributed by atoms with van der Waals surface area (Å²) >= 11 is 0. The van der Waals surface area contributed by atoms with E-state index in [-0.39, 0.29) is 18.3 Å². The smallest absolute Gasteiger partial charge is 0.242 e. The molecule has 1 aromatic carbocycles. The van der Waals surface area contributed by atoms with E-state index in [1.165, 1.54) is 0 Å². The van der Waals surface area contributed by atoms with Gasteiger partial charge in [-0.25, -0.2) is 23.7 Å². The summed E-state index contributed by atoms with van der Waals surface area (Å²) in [6, 6.07) is 7.61. The van der Waals surface area contributed by atoms with Crippen LogP contribution in [-0.4, -0.2) is 60.1 Å². The van der Waals surface area contributed by atoms with Gasteiger partial charge in [-0.05, 0) is 37.6 Å². The summed E-state index contributed by atoms with van der Waals surface area (Å²) in [4.78, 5) is 28.3. The average molecular weight is 509 g/mol. The van der Waals surface area contributed by atoms with Crippen LogP contribution in [0.2, 0.25) is 0 Å². The van der Waals surface area contributed by atoms with Gasteiger partial charge in [-0.2, -0.15) is 0 Å². The van der Waals surface area contributed by atoms with Crippen molar-refractivity contribution in [3.8, 4) is 11.5 Å². The molecule has 1 saturated carbocycles. The molecule has 11 heteroatoms. The molecular formula is C26H26F2N6O3. The molecule has 2 aliphatic rings. The van der Waals surface area contributed by atoms with Crippen LogP contribution in [-0.2, 0) is 9.53 Å². The van der Waals surface area contributed by atoms with Crippen molar-refractivity contribution in [2.45, 2.75) is 25.9 Å². The maximum Gasteiger partial charge on any atom is 0.242 e. The zero-order chi connectivity index (χ0) is 25.7. The van der Waals surface area contributed by atoms with Gasteiger partial charge in [0, 0.05) is 60.8 Å². The fraction of sp³-hybridized carbons (Fsp3) is 0.385. The van der Waals surface area contributed by atoms with Crippen molar-refractivity contribution in [3.63, 3.8) is 0 Å². The summed E-state index contributed by atoms with van der Waals surface area (Å²) in [5, 5.41) is 7.14. The number of hydrogen-bond donors (Lipinski definition) is 2. The minimum atomic E-state index is -2.50. The second kappa shape index (κ2) is 9.22. The van der Waals surface area contributed by atoms with Gasteiger partial charge >= 0.3 is 0 Å². The first kappa shape index (κ1) is 23.5. The van der Waals surface area contributed by atoms with Crippen LogP contribution in [0.1, 0.15) is 13.3 Å². The molecule has 2 fully saturated rings. The molecule has 2 N–H and O–H groups in total. The first-order chi connectivity index (χ1) is 17.9. The highest BCUT2D eigenvalue weighted by molar-refractivity contribution is 6.03. The Morgan fingerprint density at radius 3 is 2.81 bits per heavy atom. The Balaban J connectivity index is 1.35. The van der Waals surface area contributed by atoms with E-state index in [2.05, 4.69) is 32.4 Å². The summed E-state index contributed by atoms with van der Waals surface area (Å²) in [5.74, 6) is -0.778. The topological polar surface area (TPSA) is 105 Å². The lowest BCUT2D eigenvalue weighted by atomic mass is 10.1. The Bertz CT molecular complexity index is 1490. The minimum absolute atomic E-state index is 0.157. The number of carbonyl (C=O) groups excluding carboxylic acids is 1. The number of halogens is 2. The second-order valence-corrected chi connectivity index (χ2v) is 9.51. The fourth-order valence-electron chi connectivity index (χ4n) is 4.87. The fourth-order valence-corrected chi connectivity index (χ4v) is 4.87. The second-order valence-electron chi connectivity index (χ2n) is 9.51. The number of morpholine rings is 1. The van der Waals surface area contributed by atoms with Gasteiger partial charge in [0.2, 0.25) is 18.2 Å². The highest BCUT2D eigenvalue weighted by Gasteiger charge is 2.49. The van der Waals surface area contributed by atoms with E-state index in [0.29, 0.717) is 45.8 Å². The van der Waals surface area contributed by atoms with Crippen molar-refractivity contribution in [1.29, 1.82) is 0 Å². The van der Waals surface area contributed by atoms with Crippen molar-refractivity contribution in [2.24, 2.45) is 11.8 Å². The number of aromatic nitrogens is 3. The highest BCUT2D eigenvalue weighted by atomic mass is 19.3. The largest absolute Gasteiger partial charge is 0.436 e. The Hall–Kier alpha value is -3.86. The Morgan fingerprint density at radius 1 is 1.19 bits per heavy atom. The molecule has 37 heavy (non-hydrogen) atoms. The Kier molecular flexibility index (Phi) is 5.86. The molecule has 0 bridgehead atoms. The van der Waals surface area contributed by atoms with Crippen LogP contribution < -0.4 is 15.5 Å². The molecule has 1 amide bonds. The number of hydrogen-bond acceptors (Lipinski definition) is 8. The molecule has 9 nitrogen and oxygen atoms in total. The number of fused-ring (bicyclic) bond motifs is 2. The Morgan fingerprint density at radius 2 is 2.05 bits per heavy atom. The van der Waals surface area contributed by atoms with Gasteiger partial charge in [0.25, 0.3) is 0 Å². The molecule has 1 unspecified atom stereocenters. The van der Waals surface area contributed by atoms with E-state index in [1.54, 1.807) is 25.5 Å². The van der Waals surface area contributed by atoms with Crippen molar-refractivity contribution in [2.75, 3.05) is 42.3 Å². The molecule has 1 saturated heterocycles. The molecular weight excluding hydrogens is 482 g/mol. The van der Waals surface area contributed by atoms with Crippen LogP contribution in [0.25, 0.3) is 33.3 Å². The molecule has 6 rings (SSSR count). The predicted octanol–water partition coefficient (Wildman–Crippen LogP) is 4.54. The lowest BCUT2D eigenvalue weighted by Gasteiger charge is -2.32. The van der Waals surface area contributed by atoms with E-state index in [1.807, 2.05) is 18.2 Å². The summed E-state index contributed by atoms with van der Waals surface area (Å²) in [5.41, 5.74) is 3.03. The third kappa shape index (κ3) is 4.43. The molecule has 0 spiro atoms. The van der Waals surface area contributed by atoms with Crippen LogP contribution in [0.3, 0.4) is 0 Å². The minimum Gasteiger partial charge on any atom is -0.436 e. The maximum absolute atomic E-state index is 12.9. The number of anilines is 3. The van der Waals surface area contributed by atoms with Crippen molar-refractivity contribution in [1.82, 2.24) is 15.0 Å². The van der Waals surface area contributed by atoms with E-state index in [9.17, 15) is 13.6 Å². The average Bonchev–Trinajstić information content (AvgIpc) is 3.60. The zero-order valence-corrected chi connectivity index (χ0v) is 20.4. The summed E-state index contributed by atoms with van der Waals surface area (Å²) in [7, 11) is 1.75. The van der Waals surface area contributed by atoms with Crippen molar-refractivity contribution >= 4 is 45.1 Å². The molecule has 1 aliphatic carbocycles. The third-order valence-electron chi connectivity index (χ3n) is 6.97. The molecule has 192 valence electrons. The number of amides is 1. The summed E-state index contributed by atoms with van der Waals surface area (Å²) < 4.78 is 37.6. The lowest BCUT2D eigenvalue weighted by Crippen LogP contribution is -2.41. The van der Waals surface area contributed by atoms with Gasteiger partial charge in [0.05, 0.1) is 18.3 Å². The lowest BCUT2D eigenvalue weighted by molar-refractivity contribution is -0.118. The van der Waals surface area contributed by atoms with Gasteiger partial charge in [-0.1, -0.05) is 0 Å². The first-order valence-electron chi connectivity index (χ1n) is 12.2.